The van der Waals surface area contributed by atoms with Gasteiger partial charge in [-0.3, -0.25) is 19.9 Å². The van der Waals surface area contributed by atoms with E-state index in [0.717, 1.165) is 0 Å². The van der Waals surface area contributed by atoms with Gasteiger partial charge in [0.25, 0.3) is 5.69 Å². The summed E-state index contributed by atoms with van der Waals surface area (Å²) in [5, 5.41) is 13.4. The SMILES string of the molecule is O=C(/C=C/c1ccccc1[N+](=O)[O-])Nc1ccncc1. The fourth-order valence-electron chi connectivity index (χ4n) is 1.58. The lowest BCUT2D eigenvalue weighted by Gasteiger charge is -2.00. The maximum Gasteiger partial charge on any atom is 0.276 e. The van der Waals surface area contributed by atoms with E-state index in [1.54, 1.807) is 42.7 Å². The van der Waals surface area contributed by atoms with Crippen LogP contribution >= 0.6 is 0 Å². The first-order valence-electron chi connectivity index (χ1n) is 5.79. The summed E-state index contributed by atoms with van der Waals surface area (Å²) < 4.78 is 0. The summed E-state index contributed by atoms with van der Waals surface area (Å²) in [5.74, 6) is -0.366. The number of aromatic nitrogens is 1. The second kappa shape index (κ2) is 6.24. The van der Waals surface area contributed by atoms with Crippen molar-refractivity contribution in [2.45, 2.75) is 0 Å². The van der Waals surface area contributed by atoms with Crippen LogP contribution in [0.4, 0.5) is 11.4 Å². The van der Waals surface area contributed by atoms with Gasteiger partial charge in [0.15, 0.2) is 0 Å². The average Bonchev–Trinajstić information content (AvgIpc) is 2.46. The molecule has 0 atom stereocenters. The van der Waals surface area contributed by atoms with Crippen LogP contribution in [-0.2, 0) is 4.79 Å². The number of carbonyl (C=O) groups excluding carboxylic acids is 1. The third-order valence-electron chi connectivity index (χ3n) is 2.50. The van der Waals surface area contributed by atoms with Crippen molar-refractivity contribution in [3.63, 3.8) is 0 Å². The number of nitro benzene ring substituents is 1. The second-order valence-electron chi connectivity index (χ2n) is 3.87. The standard InChI is InChI=1S/C14H11N3O3/c18-14(16-12-7-9-15-10-8-12)6-5-11-3-1-2-4-13(11)17(19)20/h1-10H,(H,15,16,18)/b6-5+. The number of hydrogen-bond acceptors (Lipinski definition) is 4. The monoisotopic (exact) mass is 269 g/mol. The molecule has 0 radical (unpaired) electrons. The predicted molar refractivity (Wildman–Crippen MR) is 75.0 cm³/mol. The summed E-state index contributed by atoms with van der Waals surface area (Å²) in [5.41, 5.74) is 0.944. The minimum Gasteiger partial charge on any atom is -0.322 e. The molecule has 2 rings (SSSR count). The normalized spacial score (nSPS) is 10.4. The van der Waals surface area contributed by atoms with E-state index in [2.05, 4.69) is 10.3 Å². The van der Waals surface area contributed by atoms with E-state index >= 15 is 0 Å². The maximum atomic E-state index is 11.7. The Morgan fingerprint density at radius 1 is 1.20 bits per heavy atom. The van der Waals surface area contributed by atoms with Crippen LogP contribution < -0.4 is 5.32 Å². The fraction of sp³-hybridized carbons (Fsp3) is 0. The minimum atomic E-state index is -0.486. The third-order valence-corrected chi connectivity index (χ3v) is 2.50. The van der Waals surface area contributed by atoms with Crippen LogP contribution in [0.15, 0.2) is 54.9 Å². The lowest BCUT2D eigenvalue weighted by Crippen LogP contribution is -2.07. The van der Waals surface area contributed by atoms with Crippen LogP contribution in [-0.4, -0.2) is 15.8 Å². The van der Waals surface area contributed by atoms with Crippen molar-refractivity contribution >= 4 is 23.4 Å². The molecule has 0 bridgehead atoms. The first-order valence-corrected chi connectivity index (χ1v) is 5.79. The first kappa shape index (κ1) is 13.4. The number of rotatable bonds is 4. The van der Waals surface area contributed by atoms with Gasteiger partial charge in [-0.1, -0.05) is 12.1 Å². The smallest absolute Gasteiger partial charge is 0.276 e. The Labute approximate surface area is 114 Å². The van der Waals surface area contributed by atoms with Crippen molar-refractivity contribution in [2.24, 2.45) is 0 Å². The molecular formula is C14H11N3O3. The number of carbonyl (C=O) groups is 1. The molecule has 100 valence electrons. The molecule has 1 aromatic heterocycles. The summed E-state index contributed by atoms with van der Waals surface area (Å²) in [6.45, 7) is 0. The Morgan fingerprint density at radius 2 is 1.90 bits per heavy atom. The Balaban J connectivity index is 2.10. The van der Waals surface area contributed by atoms with Gasteiger partial charge < -0.3 is 5.32 Å². The molecule has 0 aliphatic carbocycles. The molecule has 1 amide bonds. The largest absolute Gasteiger partial charge is 0.322 e. The van der Waals surface area contributed by atoms with E-state index < -0.39 is 4.92 Å². The number of benzene rings is 1. The van der Waals surface area contributed by atoms with Crippen LogP contribution in [0.1, 0.15) is 5.56 Å². The van der Waals surface area contributed by atoms with Gasteiger partial charge in [0.1, 0.15) is 0 Å². The van der Waals surface area contributed by atoms with E-state index in [4.69, 9.17) is 0 Å². The van der Waals surface area contributed by atoms with Crippen molar-refractivity contribution in [3.8, 4) is 0 Å². The van der Waals surface area contributed by atoms with Crippen LogP contribution in [0.25, 0.3) is 6.08 Å². The highest BCUT2D eigenvalue weighted by Gasteiger charge is 2.09. The lowest BCUT2D eigenvalue weighted by molar-refractivity contribution is -0.385. The van der Waals surface area contributed by atoms with E-state index in [-0.39, 0.29) is 11.6 Å². The van der Waals surface area contributed by atoms with Gasteiger partial charge in [-0.2, -0.15) is 0 Å². The number of amides is 1. The highest BCUT2D eigenvalue weighted by molar-refractivity contribution is 6.02. The molecule has 0 unspecified atom stereocenters. The van der Waals surface area contributed by atoms with E-state index in [9.17, 15) is 14.9 Å². The van der Waals surface area contributed by atoms with Gasteiger partial charge in [0.2, 0.25) is 5.91 Å². The second-order valence-corrected chi connectivity index (χ2v) is 3.87. The van der Waals surface area contributed by atoms with Crippen molar-refractivity contribution < 1.29 is 9.72 Å². The third kappa shape index (κ3) is 3.49. The summed E-state index contributed by atoms with van der Waals surface area (Å²) in [6.07, 6.45) is 5.78. The number of nitro groups is 1. The average molecular weight is 269 g/mol. The van der Waals surface area contributed by atoms with Crippen LogP contribution in [0.2, 0.25) is 0 Å². The van der Waals surface area contributed by atoms with E-state index in [1.165, 1.54) is 18.2 Å². The molecule has 1 heterocycles. The highest BCUT2D eigenvalue weighted by atomic mass is 16.6. The van der Waals surface area contributed by atoms with Gasteiger partial charge in [-0.25, -0.2) is 0 Å². The van der Waals surface area contributed by atoms with Crippen LogP contribution in [0.3, 0.4) is 0 Å². The summed E-state index contributed by atoms with van der Waals surface area (Å²) in [4.78, 5) is 25.8. The van der Waals surface area contributed by atoms with Gasteiger partial charge in [0, 0.05) is 30.2 Å². The zero-order valence-corrected chi connectivity index (χ0v) is 10.4. The van der Waals surface area contributed by atoms with Crippen molar-refractivity contribution in [2.75, 3.05) is 5.32 Å². The van der Waals surface area contributed by atoms with Gasteiger partial charge in [-0.05, 0) is 24.3 Å². The number of para-hydroxylation sites is 1. The maximum absolute atomic E-state index is 11.7. The molecule has 0 saturated heterocycles. The number of nitrogens with one attached hydrogen (secondary N) is 1. The molecule has 20 heavy (non-hydrogen) atoms. The van der Waals surface area contributed by atoms with E-state index in [1.807, 2.05) is 0 Å². The minimum absolute atomic E-state index is 0.0412. The number of pyridine rings is 1. The molecule has 0 spiro atoms. The quantitative estimate of drug-likeness (QED) is 0.525. The highest BCUT2D eigenvalue weighted by Crippen LogP contribution is 2.18. The molecule has 1 N–H and O–H groups in total. The van der Waals surface area contributed by atoms with Crippen molar-refractivity contribution in [3.05, 3.63) is 70.5 Å². The van der Waals surface area contributed by atoms with Crippen molar-refractivity contribution in [1.82, 2.24) is 4.98 Å². The molecule has 6 nitrogen and oxygen atoms in total. The molecule has 0 aliphatic rings. The van der Waals surface area contributed by atoms with Crippen LogP contribution in [0.5, 0.6) is 0 Å². The molecule has 0 aliphatic heterocycles. The summed E-state index contributed by atoms with van der Waals surface area (Å²) in [6, 6.07) is 9.52. The zero-order chi connectivity index (χ0) is 14.4. The lowest BCUT2D eigenvalue weighted by atomic mass is 10.1. The molecule has 2 aromatic rings. The zero-order valence-electron chi connectivity index (χ0n) is 10.4. The topological polar surface area (TPSA) is 85.1 Å². The summed E-state index contributed by atoms with van der Waals surface area (Å²) in [7, 11) is 0. The van der Waals surface area contributed by atoms with Gasteiger partial charge >= 0.3 is 0 Å². The molecule has 0 saturated carbocycles. The van der Waals surface area contributed by atoms with E-state index in [0.29, 0.717) is 11.3 Å². The Hall–Kier alpha value is -3.02. The number of anilines is 1. The molecular weight excluding hydrogens is 258 g/mol. The molecule has 1 aromatic carbocycles. The fourth-order valence-corrected chi connectivity index (χ4v) is 1.58. The number of nitrogens with zero attached hydrogens (tertiary/aromatic N) is 2. The summed E-state index contributed by atoms with van der Waals surface area (Å²) >= 11 is 0. The first-order chi connectivity index (χ1) is 9.66. The van der Waals surface area contributed by atoms with Gasteiger partial charge in [-0.15, -0.1) is 0 Å². The molecule has 6 heteroatoms. The van der Waals surface area contributed by atoms with Crippen LogP contribution in [0, 0.1) is 10.1 Å². The van der Waals surface area contributed by atoms with Gasteiger partial charge in [0.05, 0.1) is 10.5 Å². The molecule has 0 fully saturated rings. The Bertz CT molecular complexity index is 654. The number of hydrogen-bond donors (Lipinski definition) is 1. The Morgan fingerprint density at radius 3 is 2.60 bits per heavy atom. The van der Waals surface area contributed by atoms with Crippen molar-refractivity contribution in [1.29, 1.82) is 0 Å². The Kier molecular flexibility index (Phi) is 4.18. The predicted octanol–water partition coefficient (Wildman–Crippen LogP) is 2.64.